The number of sulfonamides is 1. The van der Waals surface area contributed by atoms with Crippen molar-refractivity contribution < 1.29 is 13.2 Å². The second-order valence-electron chi connectivity index (χ2n) is 7.85. The molecule has 0 radical (unpaired) electrons. The first-order valence-electron chi connectivity index (χ1n) is 10.3. The largest absolute Gasteiger partial charge is 0.371 e. The van der Waals surface area contributed by atoms with Crippen molar-refractivity contribution in [2.45, 2.75) is 17.7 Å². The first kappa shape index (κ1) is 21.2. The summed E-state index contributed by atoms with van der Waals surface area (Å²) in [6, 6.07) is 12.4. The molecular weight excluding hydrogens is 468 g/mol. The summed E-state index contributed by atoms with van der Waals surface area (Å²) in [5.41, 5.74) is 2.86. The topological polar surface area (TPSA) is 82.6 Å². The Morgan fingerprint density at radius 1 is 1.16 bits per heavy atom. The highest BCUT2D eigenvalue weighted by molar-refractivity contribution is 7.93. The standard InChI is InChI=1S/C22H21ClN4O3S2/c23-19-2-1-3-20-18(19)9-12-27(20)21(28)15-8-11-26(14-15)16-4-6-17(7-5-16)32(29,30)25-22-24-10-13-31-22/h1-7,10,13,15H,8-9,11-12,14H2,(H,24,25). The number of nitrogens with one attached hydrogen (secondary N) is 1. The van der Waals surface area contributed by atoms with Crippen molar-refractivity contribution in [3.63, 3.8) is 0 Å². The summed E-state index contributed by atoms with van der Waals surface area (Å²) in [6.07, 6.45) is 3.09. The lowest BCUT2D eigenvalue weighted by Crippen LogP contribution is -2.36. The number of benzene rings is 2. The summed E-state index contributed by atoms with van der Waals surface area (Å²) < 4.78 is 27.5. The fourth-order valence-corrected chi connectivity index (χ4v) is 6.37. The third kappa shape index (κ3) is 3.96. The summed E-state index contributed by atoms with van der Waals surface area (Å²) in [4.78, 5) is 21.3. The predicted molar refractivity (Wildman–Crippen MR) is 127 cm³/mol. The highest BCUT2D eigenvalue weighted by Gasteiger charge is 2.35. The van der Waals surface area contributed by atoms with E-state index in [1.165, 1.54) is 11.3 Å². The zero-order valence-corrected chi connectivity index (χ0v) is 19.5. The van der Waals surface area contributed by atoms with Crippen LogP contribution in [-0.4, -0.2) is 38.9 Å². The second kappa shape index (κ2) is 8.38. The number of aromatic nitrogens is 1. The molecule has 3 heterocycles. The molecule has 3 aromatic rings. The number of amides is 1. The Labute approximate surface area is 195 Å². The molecule has 0 aliphatic carbocycles. The van der Waals surface area contributed by atoms with Crippen LogP contribution < -0.4 is 14.5 Å². The van der Waals surface area contributed by atoms with Gasteiger partial charge in [-0.3, -0.25) is 9.52 Å². The molecule has 1 amide bonds. The van der Waals surface area contributed by atoms with E-state index in [0.29, 0.717) is 23.2 Å². The first-order valence-corrected chi connectivity index (χ1v) is 13.0. The minimum absolute atomic E-state index is 0.102. The van der Waals surface area contributed by atoms with E-state index in [4.69, 9.17) is 11.6 Å². The molecular formula is C22H21ClN4O3S2. The van der Waals surface area contributed by atoms with Gasteiger partial charge in [-0.2, -0.15) is 0 Å². The van der Waals surface area contributed by atoms with Crippen molar-refractivity contribution in [1.29, 1.82) is 0 Å². The van der Waals surface area contributed by atoms with Crippen molar-refractivity contribution in [2.24, 2.45) is 5.92 Å². The molecule has 1 aromatic heterocycles. The highest BCUT2D eigenvalue weighted by atomic mass is 35.5. The van der Waals surface area contributed by atoms with Gasteiger partial charge in [-0.05, 0) is 54.8 Å². The van der Waals surface area contributed by atoms with Gasteiger partial charge >= 0.3 is 0 Å². The Hall–Kier alpha value is -2.62. The third-order valence-corrected chi connectivity index (χ3v) is 8.47. The van der Waals surface area contributed by atoms with E-state index in [9.17, 15) is 13.2 Å². The Kier molecular flexibility index (Phi) is 5.56. The quantitative estimate of drug-likeness (QED) is 0.586. The molecule has 1 atom stereocenters. The van der Waals surface area contributed by atoms with Gasteiger partial charge in [0.1, 0.15) is 0 Å². The van der Waals surface area contributed by atoms with Gasteiger partial charge in [0.05, 0.1) is 10.8 Å². The van der Waals surface area contributed by atoms with Gasteiger partial charge < -0.3 is 9.80 Å². The van der Waals surface area contributed by atoms with E-state index < -0.39 is 10.0 Å². The van der Waals surface area contributed by atoms with Crippen LogP contribution in [0.2, 0.25) is 5.02 Å². The van der Waals surface area contributed by atoms with Gasteiger partial charge in [-0.25, -0.2) is 13.4 Å². The summed E-state index contributed by atoms with van der Waals surface area (Å²) in [6.45, 7) is 2.01. The molecule has 2 aliphatic rings. The van der Waals surface area contributed by atoms with Gasteiger partial charge in [-0.15, -0.1) is 11.3 Å². The number of carbonyl (C=O) groups excluding carboxylic acids is 1. The summed E-state index contributed by atoms with van der Waals surface area (Å²) in [5.74, 6) is 0.0234. The minimum atomic E-state index is -3.68. The number of anilines is 3. The summed E-state index contributed by atoms with van der Waals surface area (Å²) >= 11 is 7.52. The van der Waals surface area contributed by atoms with Crippen LogP contribution >= 0.6 is 22.9 Å². The maximum absolute atomic E-state index is 13.2. The van der Waals surface area contributed by atoms with Crippen LogP contribution in [0.25, 0.3) is 0 Å². The van der Waals surface area contributed by atoms with Gasteiger partial charge in [0.25, 0.3) is 10.0 Å². The molecule has 0 bridgehead atoms. The SMILES string of the molecule is O=C(C1CCN(c2ccc(S(=O)(=O)Nc3nccs3)cc2)C1)N1CCc2c(Cl)cccc21. The number of thiazole rings is 1. The second-order valence-corrected chi connectivity index (χ2v) is 10.8. The average molecular weight is 489 g/mol. The number of rotatable bonds is 5. The van der Waals surface area contributed by atoms with E-state index >= 15 is 0 Å². The Bertz CT molecular complexity index is 1250. The van der Waals surface area contributed by atoms with Crippen LogP contribution in [0.3, 0.4) is 0 Å². The monoisotopic (exact) mass is 488 g/mol. The smallest absolute Gasteiger partial charge is 0.263 e. The lowest BCUT2D eigenvalue weighted by molar-refractivity contribution is -0.121. The number of hydrogen-bond donors (Lipinski definition) is 1. The number of nitrogens with zero attached hydrogens (tertiary/aromatic N) is 3. The van der Waals surface area contributed by atoms with Crippen LogP contribution in [0.1, 0.15) is 12.0 Å². The van der Waals surface area contributed by atoms with Crippen LogP contribution in [0.5, 0.6) is 0 Å². The molecule has 5 rings (SSSR count). The molecule has 10 heteroatoms. The molecule has 1 saturated heterocycles. The maximum atomic E-state index is 13.2. The molecule has 166 valence electrons. The normalized spacial score (nSPS) is 18.1. The predicted octanol–water partition coefficient (Wildman–Crippen LogP) is 4.01. The van der Waals surface area contributed by atoms with Crippen molar-refractivity contribution in [3.8, 4) is 0 Å². The molecule has 1 unspecified atom stereocenters. The fraction of sp³-hybridized carbons (Fsp3) is 0.273. The molecule has 0 saturated carbocycles. The number of carbonyl (C=O) groups is 1. The van der Waals surface area contributed by atoms with Crippen LogP contribution in [0, 0.1) is 5.92 Å². The lowest BCUT2D eigenvalue weighted by Gasteiger charge is -2.23. The van der Waals surface area contributed by atoms with E-state index in [0.717, 1.165) is 36.3 Å². The van der Waals surface area contributed by atoms with E-state index in [-0.39, 0.29) is 16.7 Å². The van der Waals surface area contributed by atoms with Crippen LogP contribution in [-0.2, 0) is 21.2 Å². The van der Waals surface area contributed by atoms with E-state index in [2.05, 4.69) is 14.6 Å². The van der Waals surface area contributed by atoms with Crippen molar-refractivity contribution in [2.75, 3.05) is 34.2 Å². The third-order valence-electron chi connectivity index (χ3n) is 5.94. The van der Waals surface area contributed by atoms with E-state index in [1.54, 1.807) is 35.8 Å². The maximum Gasteiger partial charge on any atom is 0.263 e. The van der Waals surface area contributed by atoms with Gasteiger partial charge in [-0.1, -0.05) is 17.7 Å². The van der Waals surface area contributed by atoms with Crippen LogP contribution in [0.15, 0.2) is 58.9 Å². The number of fused-ring (bicyclic) bond motifs is 1. The van der Waals surface area contributed by atoms with Crippen LogP contribution in [0.4, 0.5) is 16.5 Å². The van der Waals surface area contributed by atoms with Gasteiger partial charge in [0, 0.05) is 47.6 Å². The summed E-state index contributed by atoms with van der Waals surface area (Å²) in [5, 5.41) is 2.76. The fourth-order valence-electron chi connectivity index (χ4n) is 4.32. The minimum Gasteiger partial charge on any atom is -0.371 e. The molecule has 0 spiro atoms. The average Bonchev–Trinajstić information content (AvgIpc) is 3.54. The van der Waals surface area contributed by atoms with Crippen molar-refractivity contribution in [1.82, 2.24) is 4.98 Å². The van der Waals surface area contributed by atoms with E-state index in [1.807, 2.05) is 23.1 Å². The van der Waals surface area contributed by atoms with Gasteiger partial charge in [0.2, 0.25) is 5.91 Å². The highest BCUT2D eigenvalue weighted by Crippen LogP contribution is 2.35. The molecule has 2 aromatic carbocycles. The molecule has 2 aliphatic heterocycles. The Morgan fingerprint density at radius 2 is 1.97 bits per heavy atom. The Morgan fingerprint density at radius 3 is 2.72 bits per heavy atom. The van der Waals surface area contributed by atoms with Crippen molar-refractivity contribution in [3.05, 3.63) is 64.6 Å². The first-order chi connectivity index (χ1) is 15.4. The molecule has 1 fully saturated rings. The summed E-state index contributed by atoms with van der Waals surface area (Å²) in [7, 11) is -3.68. The molecule has 7 nitrogen and oxygen atoms in total. The zero-order chi connectivity index (χ0) is 22.3. The zero-order valence-electron chi connectivity index (χ0n) is 17.1. The lowest BCUT2D eigenvalue weighted by atomic mass is 10.1. The molecule has 1 N–H and O–H groups in total. The Balaban J connectivity index is 1.26. The molecule has 32 heavy (non-hydrogen) atoms. The number of hydrogen-bond acceptors (Lipinski definition) is 6. The van der Waals surface area contributed by atoms with Gasteiger partial charge in [0.15, 0.2) is 5.13 Å². The van der Waals surface area contributed by atoms with Crippen molar-refractivity contribution >= 4 is 55.4 Å². The number of halogens is 1.